The van der Waals surface area contributed by atoms with Crippen molar-refractivity contribution in [1.29, 1.82) is 0 Å². The SMILES string of the molecule is Cc1cnc2n1CCC2CN. The van der Waals surface area contributed by atoms with E-state index in [1.54, 1.807) is 0 Å². The van der Waals surface area contributed by atoms with E-state index in [-0.39, 0.29) is 0 Å². The molecule has 0 bridgehead atoms. The zero-order chi connectivity index (χ0) is 7.84. The van der Waals surface area contributed by atoms with Crippen LogP contribution in [0.3, 0.4) is 0 Å². The molecule has 1 aliphatic rings. The lowest BCUT2D eigenvalue weighted by Gasteiger charge is -2.01. The first kappa shape index (κ1) is 6.85. The second-order valence-corrected chi connectivity index (χ2v) is 3.13. The first-order valence-electron chi connectivity index (χ1n) is 4.05. The van der Waals surface area contributed by atoms with Gasteiger partial charge in [-0.3, -0.25) is 0 Å². The topological polar surface area (TPSA) is 43.8 Å². The summed E-state index contributed by atoms with van der Waals surface area (Å²) in [7, 11) is 0. The van der Waals surface area contributed by atoms with Gasteiger partial charge < -0.3 is 10.3 Å². The van der Waals surface area contributed by atoms with Gasteiger partial charge in [-0.1, -0.05) is 0 Å². The van der Waals surface area contributed by atoms with Gasteiger partial charge in [0.15, 0.2) is 0 Å². The van der Waals surface area contributed by atoms with Crippen molar-refractivity contribution < 1.29 is 0 Å². The van der Waals surface area contributed by atoms with Crippen molar-refractivity contribution in [2.24, 2.45) is 5.73 Å². The second kappa shape index (κ2) is 2.34. The van der Waals surface area contributed by atoms with E-state index in [1.807, 2.05) is 6.20 Å². The van der Waals surface area contributed by atoms with E-state index in [1.165, 1.54) is 17.9 Å². The Labute approximate surface area is 66.2 Å². The number of rotatable bonds is 1. The lowest BCUT2D eigenvalue weighted by Crippen LogP contribution is -2.10. The average molecular weight is 151 g/mol. The van der Waals surface area contributed by atoms with Crippen LogP contribution in [0.25, 0.3) is 0 Å². The van der Waals surface area contributed by atoms with Crippen molar-refractivity contribution in [3.05, 3.63) is 17.7 Å². The summed E-state index contributed by atoms with van der Waals surface area (Å²) in [6, 6.07) is 0. The number of fused-ring (bicyclic) bond motifs is 1. The van der Waals surface area contributed by atoms with Crippen LogP contribution in [0.2, 0.25) is 0 Å². The molecule has 1 aliphatic heterocycles. The summed E-state index contributed by atoms with van der Waals surface area (Å²) in [5.74, 6) is 1.69. The molecule has 1 aromatic heterocycles. The van der Waals surface area contributed by atoms with E-state index < -0.39 is 0 Å². The smallest absolute Gasteiger partial charge is 0.113 e. The summed E-state index contributed by atoms with van der Waals surface area (Å²) in [6.07, 6.45) is 3.09. The Morgan fingerprint density at radius 3 is 3.36 bits per heavy atom. The van der Waals surface area contributed by atoms with Gasteiger partial charge in [0.05, 0.1) is 0 Å². The van der Waals surface area contributed by atoms with Gasteiger partial charge in [-0.25, -0.2) is 4.98 Å². The van der Waals surface area contributed by atoms with Gasteiger partial charge in [-0.05, 0) is 13.3 Å². The third kappa shape index (κ3) is 0.878. The molecule has 2 N–H and O–H groups in total. The quantitative estimate of drug-likeness (QED) is 0.640. The molecule has 0 fully saturated rings. The van der Waals surface area contributed by atoms with Crippen LogP contribution < -0.4 is 5.73 Å². The lowest BCUT2D eigenvalue weighted by molar-refractivity contribution is 0.658. The van der Waals surface area contributed by atoms with Crippen LogP contribution in [0.15, 0.2) is 6.20 Å². The number of nitrogens with zero attached hydrogens (tertiary/aromatic N) is 2. The maximum Gasteiger partial charge on any atom is 0.113 e. The van der Waals surface area contributed by atoms with Crippen molar-refractivity contribution in [2.45, 2.75) is 25.8 Å². The Bertz CT molecular complexity index is 264. The normalized spacial score (nSPS) is 22.2. The first-order valence-corrected chi connectivity index (χ1v) is 4.05. The van der Waals surface area contributed by atoms with Gasteiger partial charge in [0.25, 0.3) is 0 Å². The number of nitrogens with two attached hydrogens (primary N) is 1. The Morgan fingerprint density at radius 1 is 1.82 bits per heavy atom. The molecule has 0 aliphatic carbocycles. The van der Waals surface area contributed by atoms with E-state index in [4.69, 9.17) is 5.73 Å². The van der Waals surface area contributed by atoms with Crippen LogP contribution in [0.5, 0.6) is 0 Å². The van der Waals surface area contributed by atoms with Gasteiger partial charge in [0.1, 0.15) is 5.82 Å². The molecule has 0 spiro atoms. The van der Waals surface area contributed by atoms with Crippen LogP contribution in [0.4, 0.5) is 0 Å². The molecule has 60 valence electrons. The molecule has 3 nitrogen and oxygen atoms in total. The van der Waals surface area contributed by atoms with Crippen molar-refractivity contribution in [3.8, 4) is 0 Å². The van der Waals surface area contributed by atoms with Crippen LogP contribution >= 0.6 is 0 Å². The monoisotopic (exact) mass is 151 g/mol. The van der Waals surface area contributed by atoms with Crippen molar-refractivity contribution >= 4 is 0 Å². The molecule has 3 heteroatoms. The molecule has 1 atom stereocenters. The van der Waals surface area contributed by atoms with Crippen LogP contribution in [0, 0.1) is 6.92 Å². The van der Waals surface area contributed by atoms with E-state index in [0.29, 0.717) is 5.92 Å². The van der Waals surface area contributed by atoms with Gasteiger partial charge in [0, 0.05) is 30.9 Å². The number of aryl methyl sites for hydroxylation is 1. The first-order chi connectivity index (χ1) is 5.33. The molecule has 2 heterocycles. The number of aromatic nitrogens is 2. The minimum Gasteiger partial charge on any atom is -0.332 e. The lowest BCUT2D eigenvalue weighted by atomic mass is 10.1. The van der Waals surface area contributed by atoms with E-state index in [0.717, 1.165) is 13.1 Å². The summed E-state index contributed by atoms with van der Waals surface area (Å²) in [5.41, 5.74) is 6.86. The maximum absolute atomic E-state index is 5.60. The molecule has 0 radical (unpaired) electrons. The van der Waals surface area contributed by atoms with Crippen LogP contribution in [-0.2, 0) is 6.54 Å². The molecule has 0 saturated carbocycles. The highest BCUT2D eigenvalue weighted by Crippen LogP contribution is 2.26. The summed E-state index contributed by atoms with van der Waals surface area (Å²) in [6.45, 7) is 3.93. The predicted molar refractivity (Wildman–Crippen MR) is 43.4 cm³/mol. The fraction of sp³-hybridized carbons (Fsp3) is 0.625. The highest BCUT2D eigenvalue weighted by molar-refractivity contribution is 5.12. The van der Waals surface area contributed by atoms with Crippen LogP contribution in [-0.4, -0.2) is 16.1 Å². The van der Waals surface area contributed by atoms with Gasteiger partial charge >= 0.3 is 0 Å². The zero-order valence-electron chi connectivity index (χ0n) is 6.75. The Balaban J connectivity index is 2.40. The number of imidazole rings is 1. The molecule has 0 aromatic carbocycles. The fourth-order valence-electron chi connectivity index (χ4n) is 1.73. The zero-order valence-corrected chi connectivity index (χ0v) is 6.75. The van der Waals surface area contributed by atoms with Crippen molar-refractivity contribution in [1.82, 2.24) is 9.55 Å². The molecule has 0 amide bonds. The average Bonchev–Trinajstić information content (AvgIpc) is 2.53. The fourth-order valence-corrected chi connectivity index (χ4v) is 1.73. The summed E-state index contributed by atoms with van der Waals surface area (Å²) in [5, 5.41) is 0. The Kier molecular flexibility index (Phi) is 1.46. The minimum absolute atomic E-state index is 0.503. The highest BCUT2D eigenvalue weighted by Gasteiger charge is 2.23. The predicted octanol–water partition coefficient (Wildman–Crippen LogP) is 0.638. The van der Waals surface area contributed by atoms with E-state index >= 15 is 0 Å². The highest BCUT2D eigenvalue weighted by atomic mass is 15.1. The Hall–Kier alpha value is -0.830. The third-order valence-electron chi connectivity index (χ3n) is 2.44. The third-order valence-corrected chi connectivity index (χ3v) is 2.44. The Morgan fingerprint density at radius 2 is 2.64 bits per heavy atom. The van der Waals surface area contributed by atoms with E-state index in [9.17, 15) is 0 Å². The minimum atomic E-state index is 0.503. The standard InChI is InChI=1S/C8H13N3/c1-6-5-10-8-7(4-9)2-3-11(6)8/h5,7H,2-4,9H2,1H3. The van der Waals surface area contributed by atoms with Crippen LogP contribution in [0.1, 0.15) is 23.9 Å². The molecular weight excluding hydrogens is 138 g/mol. The molecule has 1 aromatic rings. The maximum atomic E-state index is 5.60. The van der Waals surface area contributed by atoms with Gasteiger partial charge in [0.2, 0.25) is 0 Å². The molecular formula is C8H13N3. The molecule has 0 saturated heterocycles. The number of hydrogen-bond donors (Lipinski definition) is 1. The molecule has 1 unspecified atom stereocenters. The summed E-state index contributed by atoms with van der Waals surface area (Å²) < 4.78 is 2.26. The summed E-state index contributed by atoms with van der Waals surface area (Å²) >= 11 is 0. The largest absolute Gasteiger partial charge is 0.332 e. The number of hydrogen-bond acceptors (Lipinski definition) is 2. The van der Waals surface area contributed by atoms with Gasteiger partial charge in [-0.2, -0.15) is 0 Å². The molecule has 2 rings (SSSR count). The van der Waals surface area contributed by atoms with E-state index in [2.05, 4.69) is 16.5 Å². The van der Waals surface area contributed by atoms with Crippen molar-refractivity contribution in [2.75, 3.05) is 6.54 Å². The van der Waals surface area contributed by atoms with Crippen molar-refractivity contribution in [3.63, 3.8) is 0 Å². The second-order valence-electron chi connectivity index (χ2n) is 3.13. The molecule has 11 heavy (non-hydrogen) atoms. The summed E-state index contributed by atoms with van der Waals surface area (Å²) in [4.78, 5) is 4.33. The van der Waals surface area contributed by atoms with Gasteiger partial charge in [-0.15, -0.1) is 0 Å².